The molecule has 1 heterocycles. The van der Waals surface area contributed by atoms with Crippen molar-refractivity contribution in [1.82, 2.24) is 0 Å². The molecule has 0 aliphatic rings. The fourth-order valence-electron chi connectivity index (χ4n) is 7.72. The third-order valence-corrected chi connectivity index (χ3v) is 10.1. The van der Waals surface area contributed by atoms with Gasteiger partial charge >= 0.3 is 0 Å². The van der Waals surface area contributed by atoms with Gasteiger partial charge in [-0.05, 0) is 124 Å². The van der Waals surface area contributed by atoms with Gasteiger partial charge in [0.05, 0.1) is 17.8 Å². The van der Waals surface area contributed by atoms with Crippen molar-refractivity contribution in [3.05, 3.63) is 194 Å². The second-order valence-corrected chi connectivity index (χ2v) is 13.1. The summed E-state index contributed by atoms with van der Waals surface area (Å²) in [5.74, 6) is 0. The van der Waals surface area contributed by atoms with Crippen molar-refractivity contribution in [3.63, 3.8) is 0 Å². The van der Waals surface area contributed by atoms with E-state index in [2.05, 4.69) is 48.5 Å². The maximum absolute atomic E-state index is 9.29. The number of rotatable bonds is 4. The zero-order valence-corrected chi connectivity index (χ0v) is 27.9. The van der Waals surface area contributed by atoms with E-state index in [4.69, 9.17) is 16.8 Å². The average molecular weight is 686 g/mol. The average Bonchev–Trinajstić information content (AvgIpc) is 3.72. The van der Waals surface area contributed by atoms with Gasteiger partial charge < -0.3 is 4.42 Å². The van der Waals surface area contributed by atoms with Crippen molar-refractivity contribution in [3.8, 4) is 44.5 Å². The SMILES string of the molecule is [2H]c1c([2H])c([2H])c(-c2c3c([2H])c([2H])c([2H])c([2H])c3c(-c3ccc4cc(-c5cccc6oc7cc(-c8ccc9ccccc9c8)ccc7c56)ccc4c3)c3c([2H])c([2H])c([2H])c([2H])c23)c([2H])c1[2H]. The summed E-state index contributed by atoms with van der Waals surface area (Å²) in [5, 5.41) is 5.02. The van der Waals surface area contributed by atoms with Crippen LogP contribution in [0.5, 0.6) is 0 Å². The van der Waals surface area contributed by atoms with Crippen molar-refractivity contribution in [2.24, 2.45) is 0 Å². The van der Waals surface area contributed by atoms with Gasteiger partial charge in [0.15, 0.2) is 0 Å². The first-order valence-electron chi connectivity index (χ1n) is 23.7. The summed E-state index contributed by atoms with van der Waals surface area (Å²) in [5.41, 5.74) is 5.15. The minimum Gasteiger partial charge on any atom is -0.456 e. The molecule has 0 saturated carbocycles. The highest BCUT2D eigenvalue weighted by atomic mass is 16.3. The zero-order chi connectivity index (χ0) is 46.2. The Hall–Kier alpha value is -6.96. The first-order chi connectivity index (χ1) is 31.7. The summed E-state index contributed by atoms with van der Waals surface area (Å²) in [6.45, 7) is 0. The van der Waals surface area contributed by atoms with Gasteiger partial charge in [0.2, 0.25) is 0 Å². The normalized spacial score (nSPS) is 15.2. The first-order valence-corrected chi connectivity index (χ1v) is 17.2. The molecule has 0 amide bonds. The predicted molar refractivity (Wildman–Crippen MR) is 225 cm³/mol. The van der Waals surface area contributed by atoms with Crippen LogP contribution in [0.4, 0.5) is 0 Å². The predicted octanol–water partition coefficient (Wildman–Crippen LogP) is 14.9. The number of hydrogen-bond donors (Lipinski definition) is 0. The van der Waals surface area contributed by atoms with E-state index in [1.807, 2.05) is 54.6 Å². The summed E-state index contributed by atoms with van der Waals surface area (Å²) in [4.78, 5) is 0. The Kier molecular flexibility index (Phi) is 4.36. The van der Waals surface area contributed by atoms with Crippen LogP contribution in [0.25, 0.3) is 110 Å². The van der Waals surface area contributed by atoms with Crippen LogP contribution in [-0.2, 0) is 0 Å². The van der Waals surface area contributed by atoms with Crippen molar-refractivity contribution < 1.29 is 22.2 Å². The Morgan fingerprint density at radius 2 is 0.868 bits per heavy atom. The minimum absolute atomic E-state index is 0.0822. The van der Waals surface area contributed by atoms with E-state index in [-0.39, 0.29) is 32.7 Å². The monoisotopic (exact) mass is 685 g/mol. The second-order valence-electron chi connectivity index (χ2n) is 13.1. The highest BCUT2D eigenvalue weighted by molar-refractivity contribution is 6.22. The molecule has 0 N–H and O–H groups in total. The Labute approximate surface area is 325 Å². The van der Waals surface area contributed by atoms with Gasteiger partial charge in [-0.15, -0.1) is 0 Å². The fraction of sp³-hybridized carbons (Fsp3) is 0. The third-order valence-electron chi connectivity index (χ3n) is 10.1. The van der Waals surface area contributed by atoms with Crippen LogP contribution in [0.3, 0.4) is 0 Å². The standard InChI is InChI=1S/C52H32O/c1-2-12-34(13-3-1)50-43-15-6-8-17-45(43)51(46-18-9-7-16-44(46)50)41-26-24-37-30-40(25-23-38(37)31-41)42-19-10-20-48-52(42)47-28-27-39(32-49(47)53-48)36-22-21-33-11-4-5-14-35(33)29-36/h1-32H/i1D,2D,3D,6D,7D,8D,9D,12D,13D,15D,16D,17D,18D. The van der Waals surface area contributed by atoms with Gasteiger partial charge in [0.1, 0.15) is 11.2 Å². The van der Waals surface area contributed by atoms with E-state index < -0.39 is 84.1 Å². The van der Waals surface area contributed by atoms with Gasteiger partial charge in [-0.1, -0.05) is 157 Å². The van der Waals surface area contributed by atoms with Crippen molar-refractivity contribution in [1.29, 1.82) is 0 Å². The molecule has 1 heteroatoms. The Bertz CT molecular complexity index is 3880. The van der Waals surface area contributed by atoms with Gasteiger partial charge in [-0.25, -0.2) is 0 Å². The molecule has 0 aliphatic heterocycles. The molecule has 1 aromatic heterocycles. The van der Waals surface area contributed by atoms with Crippen LogP contribution in [-0.4, -0.2) is 0 Å². The zero-order valence-electron chi connectivity index (χ0n) is 40.9. The summed E-state index contributed by atoms with van der Waals surface area (Å²) in [6.07, 6.45) is 0. The molecule has 1 nitrogen and oxygen atoms in total. The molecule has 0 radical (unpaired) electrons. The van der Waals surface area contributed by atoms with Crippen molar-refractivity contribution in [2.75, 3.05) is 0 Å². The molecule has 0 aliphatic carbocycles. The number of furan rings is 1. The van der Waals surface area contributed by atoms with Crippen LogP contribution in [0, 0.1) is 0 Å². The van der Waals surface area contributed by atoms with E-state index in [1.165, 1.54) is 5.39 Å². The Morgan fingerprint density at radius 3 is 1.60 bits per heavy atom. The van der Waals surface area contributed by atoms with Gasteiger partial charge in [-0.2, -0.15) is 0 Å². The quantitative estimate of drug-likeness (QED) is 0.168. The van der Waals surface area contributed by atoms with E-state index in [9.17, 15) is 5.48 Å². The molecule has 11 rings (SSSR count). The van der Waals surface area contributed by atoms with Crippen LogP contribution in [0.15, 0.2) is 198 Å². The van der Waals surface area contributed by atoms with Gasteiger partial charge in [0, 0.05) is 10.8 Å². The van der Waals surface area contributed by atoms with Crippen molar-refractivity contribution >= 4 is 65.0 Å². The summed E-state index contributed by atoms with van der Waals surface area (Å²) in [6, 6.07) is 29.8. The van der Waals surface area contributed by atoms with E-state index >= 15 is 0 Å². The smallest absolute Gasteiger partial charge is 0.136 e. The highest BCUT2D eigenvalue weighted by Crippen LogP contribution is 2.45. The molecule has 246 valence electrons. The first kappa shape index (κ1) is 19.6. The van der Waals surface area contributed by atoms with Crippen LogP contribution in [0.2, 0.25) is 0 Å². The molecule has 10 aromatic carbocycles. The molecular weight excluding hydrogens is 641 g/mol. The third kappa shape index (κ3) is 4.79. The van der Waals surface area contributed by atoms with E-state index in [0.29, 0.717) is 5.56 Å². The maximum Gasteiger partial charge on any atom is 0.136 e. The summed E-state index contributed by atoms with van der Waals surface area (Å²) >= 11 is 0. The topological polar surface area (TPSA) is 13.1 Å². The molecule has 0 spiro atoms. The lowest BCUT2D eigenvalue weighted by Gasteiger charge is -2.18. The Morgan fingerprint density at radius 1 is 0.340 bits per heavy atom. The summed E-state index contributed by atoms with van der Waals surface area (Å²) < 4.78 is 121. The second kappa shape index (κ2) is 11.8. The molecular formula is C52H32O. The molecule has 0 unspecified atom stereocenters. The molecule has 0 bridgehead atoms. The molecule has 53 heavy (non-hydrogen) atoms. The number of hydrogen-bond acceptors (Lipinski definition) is 1. The highest BCUT2D eigenvalue weighted by Gasteiger charge is 2.18. The summed E-state index contributed by atoms with van der Waals surface area (Å²) in [7, 11) is 0. The minimum atomic E-state index is -0.713. The molecule has 0 saturated heterocycles. The van der Waals surface area contributed by atoms with E-state index in [0.717, 1.165) is 60.4 Å². The van der Waals surface area contributed by atoms with Crippen LogP contribution in [0.1, 0.15) is 17.8 Å². The van der Waals surface area contributed by atoms with Crippen LogP contribution >= 0.6 is 0 Å². The number of fused-ring (bicyclic) bond motifs is 7. The van der Waals surface area contributed by atoms with Crippen LogP contribution < -0.4 is 0 Å². The molecule has 11 aromatic rings. The number of benzene rings is 10. The lowest BCUT2D eigenvalue weighted by molar-refractivity contribution is 0.669. The Balaban J connectivity index is 1.13. The van der Waals surface area contributed by atoms with E-state index in [1.54, 1.807) is 12.1 Å². The maximum atomic E-state index is 9.29. The molecule has 0 atom stereocenters. The molecule has 0 fully saturated rings. The largest absolute Gasteiger partial charge is 0.456 e. The van der Waals surface area contributed by atoms with Crippen molar-refractivity contribution in [2.45, 2.75) is 0 Å². The van der Waals surface area contributed by atoms with Gasteiger partial charge in [-0.3, -0.25) is 0 Å². The van der Waals surface area contributed by atoms with Gasteiger partial charge in [0.25, 0.3) is 0 Å². The lowest BCUT2D eigenvalue weighted by Crippen LogP contribution is -1.90. The fourth-order valence-corrected chi connectivity index (χ4v) is 7.72. The lowest BCUT2D eigenvalue weighted by atomic mass is 9.85.